The number of aromatic nitrogens is 1. The third kappa shape index (κ3) is 3.90. The van der Waals surface area contributed by atoms with Crippen LogP contribution in [0.25, 0.3) is 0 Å². The molecule has 0 aliphatic carbocycles. The number of ether oxygens (including phenoxy) is 1. The normalized spacial score (nSPS) is 12.8. The molecule has 0 fully saturated rings. The van der Waals surface area contributed by atoms with Crippen molar-refractivity contribution in [1.82, 2.24) is 9.88 Å². The lowest BCUT2D eigenvalue weighted by Crippen LogP contribution is -2.30. The fourth-order valence-electron chi connectivity index (χ4n) is 2.52. The highest BCUT2D eigenvalue weighted by Gasteiger charge is 2.17. The van der Waals surface area contributed by atoms with E-state index in [-0.39, 0.29) is 24.8 Å². The van der Waals surface area contributed by atoms with Gasteiger partial charge < -0.3 is 15.0 Å². The fourth-order valence-corrected chi connectivity index (χ4v) is 2.52. The van der Waals surface area contributed by atoms with Gasteiger partial charge in [0.1, 0.15) is 5.75 Å². The van der Waals surface area contributed by atoms with Crippen LogP contribution >= 0.6 is 0 Å². The van der Waals surface area contributed by atoms with Crippen LogP contribution in [0.5, 0.6) is 5.75 Å². The molecule has 1 N–H and O–H groups in total. The Labute approximate surface area is 140 Å². The van der Waals surface area contributed by atoms with Crippen LogP contribution in [0.2, 0.25) is 0 Å². The summed E-state index contributed by atoms with van der Waals surface area (Å²) in [5.74, 6) is 0.490. The van der Waals surface area contributed by atoms with Crippen molar-refractivity contribution in [2.45, 2.75) is 12.8 Å². The summed E-state index contributed by atoms with van der Waals surface area (Å²) in [7, 11) is 1.80. The van der Waals surface area contributed by atoms with Gasteiger partial charge in [0.2, 0.25) is 5.91 Å². The van der Waals surface area contributed by atoms with Crippen molar-refractivity contribution in [2.24, 2.45) is 0 Å². The van der Waals surface area contributed by atoms with Gasteiger partial charge in [-0.1, -0.05) is 6.07 Å². The second kappa shape index (κ2) is 7.12. The molecule has 0 saturated heterocycles. The van der Waals surface area contributed by atoms with Crippen molar-refractivity contribution < 1.29 is 14.3 Å². The molecule has 2 heterocycles. The van der Waals surface area contributed by atoms with Crippen molar-refractivity contribution >= 4 is 17.5 Å². The van der Waals surface area contributed by atoms with Gasteiger partial charge in [0.15, 0.2) is 6.61 Å². The third-order valence-electron chi connectivity index (χ3n) is 3.94. The molecule has 0 spiro atoms. The second-order valence-corrected chi connectivity index (χ2v) is 5.76. The van der Waals surface area contributed by atoms with Gasteiger partial charge in [0.05, 0.1) is 12.1 Å². The maximum atomic E-state index is 12.4. The molecule has 6 nitrogen and oxygen atoms in total. The Morgan fingerprint density at radius 3 is 2.83 bits per heavy atom. The Bertz CT molecular complexity index is 746. The summed E-state index contributed by atoms with van der Waals surface area (Å²) < 4.78 is 5.32. The molecular weight excluding hydrogens is 306 g/mol. The number of amides is 2. The van der Waals surface area contributed by atoms with Gasteiger partial charge in [-0.3, -0.25) is 14.6 Å². The number of carbonyl (C=O) groups is 2. The Morgan fingerprint density at radius 2 is 2.04 bits per heavy atom. The first kappa shape index (κ1) is 16.0. The summed E-state index contributed by atoms with van der Waals surface area (Å²) in [5.41, 5.74) is 2.62. The summed E-state index contributed by atoms with van der Waals surface area (Å²) in [6, 6.07) is 9.33. The molecule has 3 rings (SSSR count). The standard InChI is InChI=1S/C18H19N3O3/c1-21(9-6-13-4-7-19-8-5-13)18(23)11-14-2-3-16-15(10-14)20-17(22)12-24-16/h2-5,7-8,10H,6,9,11-12H2,1H3,(H,20,22). The first-order valence-electron chi connectivity index (χ1n) is 7.80. The van der Waals surface area contributed by atoms with Gasteiger partial charge >= 0.3 is 0 Å². The highest BCUT2D eigenvalue weighted by atomic mass is 16.5. The number of nitrogens with one attached hydrogen (secondary N) is 1. The fraction of sp³-hybridized carbons (Fsp3) is 0.278. The van der Waals surface area contributed by atoms with E-state index < -0.39 is 0 Å². The van der Waals surface area contributed by atoms with Crippen LogP contribution in [0, 0.1) is 0 Å². The predicted molar refractivity (Wildman–Crippen MR) is 89.8 cm³/mol. The van der Waals surface area contributed by atoms with Crippen LogP contribution in [0.3, 0.4) is 0 Å². The van der Waals surface area contributed by atoms with E-state index >= 15 is 0 Å². The number of carbonyl (C=O) groups excluding carboxylic acids is 2. The average Bonchev–Trinajstić information content (AvgIpc) is 2.60. The molecule has 6 heteroatoms. The smallest absolute Gasteiger partial charge is 0.262 e. The van der Waals surface area contributed by atoms with E-state index in [9.17, 15) is 9.59 Å². The molecule has 124 valence electrons. The number of pyridine rings is 1. The van der Waals surface area contributed by atoms with E-state index in [4.69, 9.17) is 4.74 Å². The van der Waals surface area contributed by atoms with Gasteiger partial charge in [-0.25, -0.2) is 0 Å². The number of likely N-dealkylation sites (N-methyl/N-ethyl adjacent to an activating group) is 1. The lowest BCUT2D eigenvalue weighted by atomic mass is 10.1. The molecule has 0 saturated carbocycles. The van der Waals surface area contributed by atoms with Gasteiger partial charge in [-0.05, 0) is 41.8 Å². The Balaban J connectivity index is 1.58. The maximum Gasteiger partial charge on any atom is 0.262 e. The first-order valence-corrected chi connectivity index (χ1v) is 7.80. The lowest BCUT2D eigenvalue weighted by Gasteiger charge is -2.20. The number of hydrogen-bond acceptors (Lipinski definition) is 4. The van der Waals surface area contributed by atoms with Crippen LogP contribution in [-0.2, 0) is 22.4 Å². The lowest BCUT2D eigenvalue weighted by molar-refractivity contribution is -0.129. The number of fused-ring (bicyclic) bond motifs is 1. The van der Waals surface area contributed by atoms with Crippen LogP contribution < -0.4 is 10.1 Å². The van der Waals surface area contributed by atoms with Crippen LogP contribution in [0.4, 0.5) is 5.69 Å². The highest BCUT2D eigenvalue weighted by molar-refractivity contribution is 5.95. The predicted octanol–water partition coefficient (Wildman–Crippen LogP) is 1.66. The van der Waals surface area contributed by atoms with Crippen molar-refractivity contribution in [3.8, 4) is 5.75 Å². The zero-order chi connectivity index (χ0) is 16.9. The summed E-state index contributed by atoms with van der Waals surface area (Å²) in [6.07, 6.45) is 4.58. The van der Waals surface area contributed by atoms with Crippen LogP contribution in [0.1, 0.15) is 11.1 Å². The topological polar surface area (TPSA) is 71.5 Å². The Morgan fingerprint density at radius 1 is 1.25 bits per heavy atom. The van der Waals surface area contributed by atoms with Crippen LogP contribution in [0.15, 0.2) is 42.7 Å². The van der Waals surface area contributed by atoms with E-state index in [1.54, 1.807) is 36.5 Å². The quantitative estimate of drug-likeness (QED) is 0.907. The van der Waals surface area contributed by atoms with E-state index in [1.165, 1.54) is 0 Å². The molecule has 0 radical (unpaired) electrons. The van der Waals surface area contributed by atoms with E-state index in [1.807, 2.05) is 18.2 Å². The minimum atomic E-state index is -0.180. The summed E-state index contributed by atoms with van der Waals surface area (Å²) in [4.78, 5) is 29.4. The van der Waals surface area contributed by atoms with Gasteiger partial charge in [0, 0.05) is 26.0 Å². The average molecular weight is 325 g/mol. The summed E-state index contributed by atoms with van der Waals surface area (Å²) in [6.45, 7) is 0.677. The van der Waals surface area contributed by atoms with Crippen molar-refractivity contribution in [1.29, 1.82) is 0 Å². The number of rotatable bonds is 5. The number of benzene rings is 1. The van der Waals surface area contributed by atoms with E-state index in [2.05, 4.69) is 10.3 Å². The SMILES string of the molecule is CN(CCc1ccncc1)C(=O)Cc1ccc2c(c1)NC(=O)CO2. The summed E-state index contributed by atoms with van der Waals surface area (Å²) >= 11 is 0. The molecule has 24 heavy (non-hydrogen) atoms. The minimum absolute atomic E-state index is 0.0308. The van der Waals surface area contributed by atoms with Crippen LogP contribution in [-0.4, -0.2) is 41.9 Å². The molecule has 0 atom stereocenters. The van der Waals surface area contributed by atoms with Gasteiger partial charge in [-0.15, -0.1) is 0 Å². The molecule has 2 amide bonds. The zero-order valence-corrected chi connectivity index (χ0v) is 13.5. The molecule has 0 unspecified atom stereocenters. The van der Waals surface area contributed by atoms with Gasteiger partial charge in [0.25, 0.3) is 5.91 Å². The second-order valence-electron chi connectivity index (χ2n) is 5.76. The zero-order valence-electron chi connectivity index (χ0n) is 13.5. The number of anilines is 1. The number of hydrogen-bond donors (Lipinski definition) is 1. The van der Waals surface area contributed by atoms with Crippen molar-refractivity contribution in [2.75, 3.05) is 25.5 Å². The van der Waals surface area contributed by atoms with Crippen molar-refractivity contribution in [3.05, 3.63) is 53.9 Å². The minimum Gasteiger partial charge on any atom is -0.482 e. The van der Waals surface area contributed by atoms with E-state index in [0.29, 0.717) is 18.0 Å². The van der Waals surface area contributed by atoms with Gasteiger partial charge in [-0.2, -0.15) is 0 Å². The molecular formula is C18H19N3O3. The first-order chi connectivity index (χ1) is 11.6. The molecule has 1 aliphatic rings. The molecule has 1 aliphatic heterocycles. The number of nitrogens with zero attached hydrogens (tertiary/aromatic N) is 2. The largest absolute Gasteiger partial charge is 0.482 e. The molecule has 2 aromatic rings. The Hall–Kier alpha value is -2.89. The third-order valence-corrected chi connectivity index (χ3v) is 3.94. The van der Waals surface area contributed by atoms with Crippen molar-refractivity contribution in [3.63, 3.8) is 0 Å². The van der Waals surface area contributed by atoms with E-state index in [0.717, 1.165) is 17.5 Å². The summed E-state index contributed by atoms with van der Waals surface area (Å²) in [5, 5.41) is 2.75. The molecule has 0 bridgehead atoms. The molecule has 1 aromatic heterocycles. The monoisotopic (exact) mass is 325 g/mol. The Kier molecular flexibility index (Phi) is 4.74. The molecule has 1 aromatic carbocycles. The maximum absolute atomic E-state index is 12.4. The highest BCUT2D eigenvalue weighted by Crippen LogP contribution is 2.28.